The molecule has 0 aliphatic carbocycles. The summed E-state index contributed by atoms with van der Waals surface area (Å²) in [5.74, 6) is 2.20. The Morgan fingerprint density at radius 3 is 2.86 bits per heavy atom. The Balaban J connectivity index is 1.98. The van der Waals surface area contributed by atoms with Crippen molar-refractivity contribution in [3.05, 3.63) is 6.33 Å². The molecule has 2 aromatic heterocycles. The highest BCUT2D eigenvalue weighted by atomic mass is 15.3. The minimum atomic E-state index is 0.542. The zero-order valence-electron chi connectivity index (χ0n) is 13.1. The SMILES string of the molecule is CCNc1nc(N2CC(C)C(N(C)C)C2)c2[nH]cnc2n1. The molecule has 0 aromatic carbocycles. The summed E-state index contributed by atoms with van der Waals surface area (Å²) in [6.45, 7) is 7.11. The molecule has 3 heterocycles. The zero-order valence-corrected chi connectivity index (χ0v) is 13.1. The maximum atomic E-state index is 4.69. The second kappa shape index (κ2) is 5.48. The van der Waals surface area contributed by atoms with Crippen molar-refractivity contribution in [3.63, 3.8) is 0 Å². The topological polar surface area (TPSA) is 73.0 Å². The second-order valence-electron chi connectivity index (χ2n) is 5.92. The molecule has 0 saturated carbocycles. The van der Waals surface area contributed by atoms with Crippen LogP contribution in [0, 0.1) is 5.92 Å². The van der Waals surface area contributed by atoms with Gasteiger partial charge >= 0.3 is 0 Å². The largest absolute Gasteiger partial charge is 0.354 e. The molecular weight excluding hydrogens is 266 g/mol. The van der Waals surface area contributed by atoms with Crippen LogP contribution in [-0.2, 0) is 0 Å². The van der Waals surface area contributed by atoms with E-state index in [4.69, 9.17) is 0 Å². The van der Waals surface area contributed by atoms with Crippen LogP contribution in [0.5, 0.6) is 0 Å². The molecule has 0 bridgehead atoms. The highest BCUT2D eigenvalue weighted by Crippen LogP contribution is 2.29. The summed E-state index contributed by atoms with van der Waals surface area (Å²) in [6, 6.07) is 0.542. The van der Waals surface area contributed by atoms with E-state index < -0.39 is 0 Å². The van der Waals surface area contributed by atoms with Crippen molar-refractivity contribution in [3.8, 4) is 0 Å². The van der Waals surface area contributed by atoms with E-state index in [1.165, 1.54) is 0 Å². The van der Waals surface area contributed by atoms with E-state index in [-0.39, 0.29) is 0 Å². The number of nitrogens with zero attached hydrogens (tertiary/aromatic N) is 5. The molecule has 7 nitrogen and oxygen atoms in total. The predicted molar refractivity (Wildman–Crippen MR) is 84.7 cm³/mol. The normalized spacial score (nSPS) is 22.4. The smallest absolute Gasteiger partial charge is 0.226 e. The second-order valence-corrected chi connectivity index (χ2v) is 5.92. The van der Waals surface area contributed by atoms with E-state index in [1.807, 2.05) is 6.92 Å². The van der Waals surface area contributed by atoms with Crippen LogP contribution in [0.4, 0.5) is 11.8 Å². The van der Waals surface area contributed by atoms with Crippen molar-refractivity contribution >= 4 is 22.9 Å². The van der Waals surface area contributed by atoms with Gasteiger partial charge in [-0.15, -0.1) is 0 Å². The summed E-state index contributed by atoms with van der Waals surface area (Å²) < 4.78 is 0. The van der Waals surface area contributed by atoms with Gasteiger partial charge in [-0.25, -0.2) is 4.98 Å². The summed E-state index contributed by atoms with van der Waals surface area (Å²) in [7, 11) is 4.28. The van der Waals surface area contributed by atoms with E-state index >= 15 is 0 Å². The lowest BCUT2D eigenvalue weighted by molar-refractivity contribution is 0.266. The quantitative estimate of drug-likeness (QED) is 0.880. The van der Waals surface area contributed by atoms with Gasteiger partial charge in [0.05, 0.1) is 6.33 Å². The van der Waals surface area contributed by atoms with E-state index in [9.17, 15) is 0 Å². The molecule has 0 radical (unpaired) electrons. The van der Waals surface area contributed by atoms with Crippen molar-refractivity contribution in [2.75, 3.05) is 43.9 Å². The van der Waals surface area contributed by atoms with Gasteiger partial charge in [-0.2, -0.15) is 9.97 Å². The van der Waals surface area contributed by atoms with Crippen molar-refractivity contribution in [1.82, 2.24) is 24.8 Å². The van der Waals surface area contributed by atoms with Crippen molar-refractivity contribution < 1.29 is 0 Å². The molecule has 0 amide bonds. The van der Waals surface area contributed by atoms with Crippen LogP contribution in [0.2, 0.25) is 0 Å². The van der Waals surface area contributed by atoms with E-state index in [2.05, 4.69) is 56.1 Å². The summed E-state index contributed by atoms with van der Waals surface area (Å²) >= 11 is 0. The Kier molecular flexibility index (Phi) is 3.67. The maximum absolute atomic E-state index is 4.69. The molecule has 3 rings (SSSR count). The van der Waals surface area contributed by atoms with Gasteiger partial charge in [0.25, 0.3) is 0 Å². The average molecular weight is 289 g/mol. The number of aromatic nitrogens is 4. The third-order valence-electron chi connectivity index (χ3n) is 4.14. The van der Waals surface area contributed by atoms with Crippen LogP contribution in [0.25, 0.3) is 11.2 Å². The van der Waals surface area contributed by atoms with Crippen LogP contribution in [0.15, 0.2) is 6.33 Å². The number of imidazole rings is 1. The van der Waals surface area contributed by atoms with Gasteiger partial charge in [0.1, 0.15) is 5.52 Å². The molecular formula is C14H23N7. The minimum Gasteiger partial charge on any atom is -0.354 e. The maximum Gasteiger partial charge on any atom is 0.226 e. The third-order valence-corrected chi connectivity index (χ3v) is 4.14. The van der Waals surface area contributed by atoms with Crippen LogP contribution in [0.3, 0.4) is 0 Å². The Bertz CT molecular complexity index is 621. The number of hydrogen-bond acceptors (Lipinski definition) is 6. The van der Waals surface area contributed by atoms with Crippen LogP contribution < -0.4 is 10.2 Å². The predicted octanol–water partition coefficient (Wildman–Crippen LogP) is 1.17. The summed E-state index contributed by atoms with van der Waals surface area (Å²) in [4.78, 5) is 21.2. The highest BCUT2D eigenvalue weighted by Gasteiger charge is 2.33. The first-order valence-electron chi connectivity index (χ1n) is 7.46. The number of H-pyrrole nitrogens is 1. The number of likely N-dealkylation sites (N-methyl/N-ethyl adjacent to an activating group) is 1. The van der Waals surface area contributed by atoms with Gasteiger partial charge in [-0.05, 0) is 26.9 Å². The fraction of sp³-hybridized carbons (Fsp3) is 0.643. The van der Waals surface area contributed by atoms with Crippen LogP contribution in [0.1, 0.15) is 13.8 Å². The molecule has 7 heteroatoms. The van der Waals surface area contributed by atoms with Crippen molar-refractivity contribution in [2.45, 2.75) is 19.9 Å². The van der Waals surface area contributed by atoms with Gasteiger partial charge in [0, 0.05) is 25.7 Å². The van der Waals surface area contributed by atoms with Gasteiger partial charge < -0.3 is 20.1 Å². The molecule has 21 heavy (non-hydrogen) atoms. The fourth-order valence-corrected chi connectivity index (χ4v) is 3.08. The number of rotatable bonds is 4. The molecule has 2 unspecified atom stereocenters. The monoisotopic (exact) mass is 289 g/mol. The van der Waals surface area contributed by atoms with E-state index in [1.54, 1.807) is 6.33 Å². The number of aromatic amines is 1. The molecule has 1 fully saturated rings. The minimum absolute atomic E-state index is 0.542. The van der Waals surface area contributed by atoms with Crippen molar-refractivity contribution in [1.29, 1.82) is 0 Å². The Morgan fingerprint density at radius 2 is 2.19 bits per heavy atom. The number of hydrogen-bond donors (Lipinski definition) is 2. The molecule has 0 spiro atoms. The van der Waals surface area contributed by atoms with E-state index in [0.717, 1.165) is 36.6 Å². The zero-order chi connectivity index (χ0) is 15.0. The van der Waals surface area contributed by atoms with Gasteiger partial charge in [0.2, 0.25) is 5.95 Å². The lowest BCUT2D eigenvalue weighted by atomic mass is 10.1. The lowest BCUT2D eigenvalue weighted by Gasteiger charge is -2.22. The standard InChI is InChI=1S/C14H23N7/c1-5-15-14-18-12-11(16-8-17-12)13(19-14)21-6-9(2)10(7-21)20(3)4/h8-10H,5-7H2,1-4H3,(H2,15,16,17,18,19). The van der Waals surface area contributed by atoms with Gasteiger partial charge in [-0.3, -0.25) is 0 Å². The average Bonchev–Trinajstić information content (AvgIpc) is 3.04. The number of anilines is 2. The number of nitrogens with one attached hydrogen (secondary N) is 2. The van der Waals surface area contributed by atoms with Gasteiger partial charge in [-0.1, -0.05) is 6.92 Å². The molecule has 2 atom stereocenters. The first-order chi connectivity index (χ1) is 10.1. The summed E-state index contributed by atoms with van der Waals surface area (Å²) in [5.41, 5.74) is 1.64. The third kappa shape index (κ3) is 2.53. The van der Waals surface area contributed by atoms with Crippen LogP contribution in [-0.4, -0.2) is 64.6 Å². The van der Waals surface area contributed by atoms with Crippen molar-refractivity contribution in [2.24, 2.45) is 5.92 Å². The van der Waals surface area contributed by atoms with E-state index in [0.29, 0.717) is 17.9 Å². The molecule has 2 aromatic rings. The molecule has 1 aliphatic heterocycles. The molecule has 1 aliphatic rings. The first-order valence-corrected chi connectivity index (χ1v) is 7.46. The molecule has 114 valence electrons. The Morgan fingerprint density at radius 1 is 1.38 bits per heavy atom. The highest BCUT2D eigenvalue weighted by molar-refractivity contribution is 5.84. The lowest BCUT2D eigenvalue weighted by Crippen LogP contribution is -2.34. The Hall–Kier alpha value is -1.89. The molecule has 1 saturated heterocycles. The first kappa shape index (κ1) is 14.1. The van der Waals surface area contributed by atoms with Crippen LogP contribution >= 0.6 is 0 Å². The number of fused-ring (bicyclic) bond motifs is 1. The molecule has 2 N–H and O–H groups in total. The van der Waals surface area contributed by atoms with Gasteiger partial charge in [0.15, 0.2) is 11.5 Å². The fourth-order valence-electron chi connectivity index (χ4n) is 3.08. The summed E-state index contributed by atoms with van der Waals surface area (Å²) in [6.07, 6.45) is 1.68. The Labute approximate surface area is 124 Å². The summed E-state index contributed by atoms with van der Waals surface area (Å²) in [5, 5.41) is 3.19.